The summed E-state index contributed by atoms with van der Waals surface area (Å²) < 4.78 is 16.1. The van der Waals surface area contributed by atoms with E-state index in [0.29, 0.717) is 0 Å². The average Bonchev–Trinajstić information content (AvgIpc) is 2.52. The van der Waals surface area contributed by atoms with Gasteiger partial charge in [-0.05, 0) is 12.1 Å². The highest BCUT2D eigenvalue weighted by molar-refractivity contribution is 6.75. The van der Waals surface area contributed by atoms with E-state index in [0.717, 1.165) is 10.9 Å². The molecule has 1 N–H and O–H groups in total. The van der Waals surface area contributed by atoms with Crippen molar-refractivity contribution in [2.75, 3.05) is 26.6 Å². The predicted molar refractivity (Wildman–Crippen MR) is 75.8 cm³/mol. The molecule has 0 aromatic heterocycles. The van der Waals surface area contributed by atoms with Crippen LogP contribution in [0.25, 0.3) is 0 Å². The lowest BCUT2D eigenvalue weighted by Gasteiger charge is -2.24. The van der Waals surface area contributed by atoms with Crippen molar-refractivity contribution in [1.29, 1.82) is 10.5 Å². The van der Waals surface area contributed by atoms with Gasteiger partial charge in [0.2, 0.25) is 0 Å². The maximum Gasteiger partial charge on any atom is 0.536 e. The van der Waals surface area contributed by atoms with Gasteiger partial charge in [-0.3, -0.25) is 0 Å². The number of rotatable bonds is 6. The first-order valence-corrected chi connectivity index (χ1v) is 7.41. The third-order valence-corrected chi connectivity index (χ3v) is 5.32. The highest BCUT2D eigenvalue weighted by Crippen LogP contribution is 2.11. The normalized spacial score (nSPS) is 10.2. The van der Waals surface area contributed by atoms with Crippen LogP contribution in [0, 0.1) is 22.7 Å². The Kier molecular flexibility index (Phi) is 5.91. The van der Waals surface area contributed by atoms with Gasteiger partial charge in [-0.25, -0.2) is 0 Å². The van der Waals surface area contributed by atoms with E-state index in [-0.39, 0.29) is 5.57 Å². The van der Waals surface area contributed by atoms with E-state index in [2.05, 4.69) is 5.32 Å². The van der Waals surface area contributed by atoms with Gasteiger partial charge in [-0.15, -0.1) is 0 Å². The maximum absolute atomic E-state index is 8.63. The van der Waals surface area contributed by atoms with Crippen LogP contribution in [0.15, 0.2) is 36.0 Å². The largest absolute Gasteiger partial charge is 0.536 e. The van der Waals surface area contributed by atoms with Gasteiger partial charge in [0, 0.05) is 38.4 Å². The minimum absolute atomic E-state index is 0.00322. The molecule has 0 aliphatic rings. The van der Waals surface area contributed by atoms with Crippen molar-refractivity contribution in [2.24, 2.45) is 0 Å². The zero-order chi connectivity index (χ0) is 15.0. The number of nitriles is 2. The highest BCUT2D eigenvalue weighted by atomic mass is 28.4. The third-order valence-electron chi connectivity index (χ3n) is 2.67. The Morgan fingerprint density at radius 3 is 1.95 bits per heavy atom. The molecule has 0 saturated carbocycles. The van der Waals surface area contributed by atoms with Gasteiger partial charge in [0.25, 0.3) is 0 Å². The van der Waals surface area contributed by atoms with Crippen LogP contribution < -0.4 is 10.5 Å². The van der Waals surface area contributed by atoms with Crippen molar-refractivity contribution < 1.29 is 13.3 Å². The van der Waals surface area contributed by atoms with E-state index < -0.39 is 8.80 Å². The first-order chi connectivity index (χ1) is 9.65. The zero-order valence-corrected chi connectivity index (χ0v) is 12.5. The molecule has 0 amide bonds. The van der Waals surface area contributed by atoms with Gasteiger partial charge in [-0.2, -0.15) is 10.5 Å². The molecule has 0 unspecified atom stereocenters. The first-order valence-electron chi connectivity index (χ1n) is 5.68. The summed E-state index contributed by atoms with van der Waals surface area (Å²) in [5, 5.41) is 20.9. The summed E-state index contributed by atoms with van der Waals surface area (Å²) in [5.41, 5.74) is 0.742. The lowest BCUT2D eigenvalue weighted by atomic mass is 10.3. The minimum Gasteiger partial charge on any atom is -0.373 e. The molecule has 0 spiro atoms. The second-order valence-electron chi connectivity index (χ2n) is 3.67. The van der Waals surface area contributed by atoms with Crippen molar-refractivity contribution in [3.05, 3.63) is 36.0 Å². The minimum atomic E-state index is -2.82. The summed E-state index contributed by atoms with van der Waals surface area (Å²) >= 11 is 0. The second kappa shape index (κ2) is 7.43. The Bertz CT molecular complexity index is 529. The molecule has 0 saturated heterocycles. The summed E-state index contributed by atoms with van der Waals surface area (Å²) in [5.74, 6) is 0. The molecule has 0 radical (unpaired) electrons. The summed E-state index contributed by atoms with van der Waals surface area (Å²) in [6, 6.07) is 10.7. The fourth-order valence-electron chi connectivity index (χ4n) is 1.62. The predicted octanol–water partition coefficient (Wildman–Crippen LogP) is 1.11. The molecule has 0 aliphatic carbocycles. The fourth-order valence-corrected chi connectivity index (χ4v) is 3.40. The number of benzene rings is 1. The number of hydrogen-bond acceptors (Lipinski definition) is 6. The lowest BCUT2D eigenvalue weighted by molar-refractivity contribution is 0.140. The molecular formula is C13H15N3O3Si. The standard InChI is InChI=1S/C13H15N3O3Si/c1-17-20(18-2,19-3)13-6-4-12(5-7-13)16-10-11(8-14)9-15/h4-7,10,16H,1-3H3. The highest BCUT2D eigenvalue weighted by Gasteiger charge is 2.40. The second-order valence-corrected chi connectivity index (χ2v) is 6.59. The van der Waals surface area contributed by atoms with Gasteiger partial charge in [0.1, 0.15) is 17.7 Å². The Hall–Kier alpha value is -2.16. The Morgan fingerprint density at radius 1 is 1.05 bits per heavy atom. The van der Waals surface area contributed by atoms with Crippen molar-refractivity contribution >= 4 is 19.7 Å². The van der Waals surface area contributed by atoms with Crippen LogP contribution in [0.2, 0.25) is 0 Å². The third kappa shape index (κ3) is 3.44. The van der Waals surface area contributed by atoms with E-state index in [1.165, 1.54) is 6.20 Å². The molecule has 0 aliphatic heterocycles. The van der Waals surface area contributed by atoms with Crippen LogP contribution in [-0.2, 0) is 13.3 Å². The average molecular weight is 289 g/mol. The number of nitrogens with zero attached hydrogens (tertiary/aromatic N) is 2. The van der Waals surface area contributed by atoms with Gasteiger partial charge in [0.05, 0.1) is 0 Å². The zero-order valence-electron chi connectivity index (χ0n) is 11.5. The number of anilines is 1. The van der Waals surface area contributed by atoms with E-state index >= 15 is 0 Å². The Balaban J connectivity index is 2.93. The smallest absolute Gasteiger partial charge is 0.373 e. The summed E-state index contributed by atoms with van der Waals surface area (Å²) in [7, 11) is 1.80. The van der Waals surface area contributed by atoms with Crippen LogP contribution >= 0.6 is 0 Å². The van der Waals surface area contributed by atoms with E-state index in [9.17, 15) is 0 Å². The van der Waals surface area contributed by atoms with E-state index in [1.807, 2.05) is 12.1 Å². The summed E-state index contributed by atoms with van der Waals surface area (Å²) in [6.45, 7) is 0. The monoisotopic (exact) mass is 289 g/mol. The number of nitrogens with one attached hydrogen (secondary N) is 1. The fraction of sp³-hybridized carbons (Fsp3) is 0.231. The quantitative estimate of drug-likeness (QED) is 0.623. The summed E-state index contributed by atoms with van der Waals surface area (Å²) in [4.78, 5) is 0. The van der Waals surface area contributed by atoms with Crippen molar-refractivity contribution in [2.45, 2.75) is 0 Å². The van der Waals surface area contributed by atoms with Gasteiger partial charge >= 0.3 is 8.80 Å². The molecule has 104 valence electrons. The lowest BCUT2D eigenvalue weighted by Crippen LogP contribution is -2.54. The SMILES string of the molecule is CO[Si](OC)(OC)c1ccc(NC=C(C#N)C#N)cc1. The molecule has 0 bridgehead atoms. The van der Waals surface area contributed by atoms with Crippen LogP contribution in [0.1, 0.15) is 0 Å². The molecule has 1 aromatic carbocycles. The topological polar surface area (TPSA) is 87.3 Å². The maximum atomic E-state index is 8.63. The molecule has 6 nitrogen and oxygen atoms in total. The van der Waals surface area contributed by atoms with Crippen molar-refractivity contribution in [3.8, 4) is 12.1 Å². The van der Waals surface area contributed by atoms with Gasteiger partial charge < -0.3 is 18.6 Å². The van der Waals surface area contributed by atoms with Crippen LogP contribution in [0.3, 0.4) is 0 Å². The van der Waals surface area contributed by atoms with E-state index in [4.69, 9.17) is 23.8 Å². The van der Waals surface area contributed by atoms with E-state index in [1.54, 1.807) is 45.6 Å². The van der Waals surface area contributed by atoms with Crippen LogP contribution in [-0.4, -0.2) is 30.1 Å². The van der Waals surface area contributed by atoms with Gasteiger partial charge in [0.15, 0.2) is 0 Å². The molecule has 20 heavy (non-hydrogen) atoms. The molecule has 1 rings (SSSR count). The molecule has 1 aromatic rings. The summed E-state index contributed by atoms with van der Waals surface area (Å²) in [6.07, 6.45) is 1.35. The molecular weight excluding hydrogens is 274 g/mol. The molecule has 0 atom stereocenters. The van der Waals surface area contributed by atoms with Crippen LogP contribution in [0.5, 0.6) is 0 Å². The molecule has 7 heteroatoms. The number of hydrogen-bond donors (Lipinski definition) is 1. The van der Waals surface area contributed by atoms with Crippen molar-refractivity contribution in [3.63, 3.8) is 0 Å². The van der Waals surface area contributed by atoms with Gasteiger partial charge in [-0.1, -0.05) is 12.1 Å². The van der Waals surface area contributed by atoms with Crippen LogP contribution in [0.4, 0.5) is 5.69 Å². The number of allylic oxidation sites excluding steroid dienone is 1. The molecule has 0 fully saturated rings. The first kappa shape index (κ1) is 15.9. The Morgan fingerprint density at radius 2 is 1.55 bits per heavy atom. The Labute approximate surface area is 119 Å². The van der Waals surface area contributed by atoms with Crippen molar-refractivity contribution in [1.82, 2.24) is 0 Å². The molecule has 0 heterocycles.